The van der Waals surface area contributed by atoms with Crippen molar-refractivity contribution in [2.45, 2.75) is 65.6 Å². The van der Waals surface area contributed by atoms with Crippen LogP contribution in [0.1, 0.15) is 48.5 Å². The van der Waals surface area contributed by atoms with Crippen LogP contribution in [0.15, 0.2) is 0 Å². The zero-order chi connectivity index (χ0) is 14.8. The number of esters is 1. The predicted molar refractivity (Wildman–Crippen MR) is 70.3 cm³/mol. The van der Waals surface area contributed by atoms with Crippen molar-refractivity contribution in [1.82, 2.24) is 9.44 Å². The molecular weight excluding hydrogens is 256 g/mol. The van der Waals surface area contributed by atoms with Gasteiger partial charge < -0.3 is 4.74 Å². The van der Waals surface area contributed by atoms with Crippen LogP contribution in [0.2, 0.25) is 0 Å². The summed E-state index contributed by atoms with van der Waals surface area (Å²) in [5.74, 6) is -0.609. The Bertz CT molecular complexity index is 390. The van der Waals surface area contributed by atoms with Crippen LogP contribution in [-0.4, -0.2) is 31.6 Å². The predicted octanol–water partition coefficient (Wildman–Crippen LogP) is 0.939. The Morgan fingerprint density at radius 2 is 1.56 bits per heavy atom. The standard InChI is InChI=1S/C11H24N2O4S/c1-8(9(14)17-11(5,6)7)12-18(15,16)13-10(2,3)4/h8,12-13H,1-7H3/t8-/m1/s1. The molecule has 0 spiro atoms. The van der Waals surface area contributed by atoms with Crippen LogP contribution in [-0.2, 0) is 19.7 Å². The molecule has 7 heteroatoms. The molecule has 0 saturated heterocycles. The van der Waals surface area contributed by atoms with Crippen LogP contribution in [0.25, 0.3) is 0 Å². The van der Waals surface area contributed by atoms with Crippen molar-refractivity contribution in [3.8, 4) is 0 Å². The van der Waals surface area contributed by atoms with Gasteiger partial charge in [-0.05, 0) is 48.5 Å². The van der Waals surface area contributed by atoms with Crippen LogP contribution < -0.4 is 9.44 Å². The number of carbonyl (C=O) groups excluding carboxylic acids is 1. The Morgan fingerprint density at radius 1 is 1.11 bits per heavy atom. The van der Waals surface area contributed by atoms with E-state index in [0.29, 0.717) is 0 Å². The van der Waals surface area contributed by atoms with E-state index in [1.54, 1.807) is 41.5 Å². The highest BCUT2D eigenvalue weighted by atomic mass is 32.2. The largest absolute Gasteiger partial charge is 0.459 e. The number of rotatable bonds is 4. The third-order valence-corrected chi connectivity index (χ3v) is 3.08. The maximum Gasteiger partial charge on any atom is 0.324 e. The fraction of sp³-hybridized carbons (Fsp3) is 0.909. The highest BCUT2D eigenvalue weighted by Crippen LogP contribution is 2.09. The molecule has 1 atom stereocenters. The van der Waals surface area contributed by atoms with E-state index < -0.39 is 33.4 Å². The molecule has 0 aromatic heterocycles. The first-order valence-corrected chi connectivity index (χ1v) is 7.24. The van der Waals surface area contributed by atoms with Crippen molar-refractivity contribution in [1.29, 1.82) is 0 Å². The normalized spacial score (nSPS) is 15.3. The summed E-state index contributed by atoms with van der Waals surface area (Å²) in [4.78, 5) is 11.6. The fourth-order valence-corrected chi connectivity index (χ4v) is 2.53. The summed E-state index contributed by atoms with van der Waals surface area (Å²) in [5, 5.41) is 0. The number of ether oxygens (including phenoxy) is 1. The SMILES string of the molecule is C[C@@H](NS(=O)(=O)NC(C)(C)C)C(=O)OC(C)(C)C. The first kappa shape index (κ1) is 17.3. The zero-order valence-electron chi connectivity index (χ0n) is 12.1. The number of hydrogen-bond donors (Lipinski definition) is 2. The molecule has 0 unspecified atom stereocenters. The summed E-state index contributed by atoms with van der Waals surface area (Å²) in [6.07, 6.45) is 0. The number of carbonyl (C=O) groups is 1. The van der Waals surface area contributed by atoms with E-state index in [0.717, 1.165) is 0 Å². The van der Waals surface area contributed by atoms with Gasteiger partial charge >= 0.3 is 5.97 Å². The molecule has 0 rings (SSSR count). The van der Waals surface area contributed by atoms with Gasteiger partial charge in [0.25, 0.3) is 10.2 Å². The zero-order valence-corrected chi connectivity index (χ0v) is 12.9. The Morgan fingerprint density at radius 3 is 1.89 bits per heavy atom. The van der Waals surface area contributed by atoms with E-state index in [-0.39, 0.29) is 0 Å². The van der Waals surface area contributed by atoms with E-state index in [4.69, 9.17) is 4.74 Å². The molecule has 0 heterocycles. The van der Waals surface area contributed by atoms with Gasteiger partial charge in [-0.25, -0.2) is 0 Å². The molecule has 0 aliphatic heterocycles. The first-order valence-electron chi connectivity index (χ1n) is 5.76. The molecule has 18 heavy (non-hydrogen) atoms. The van der Waals surface area contributed by atoms with E-state index in [2.05, 4.69) is 9.44 Å². The van der Waals surface area contributed by atoms with Crippen molar-refractivity contribution >= 4 is 16.2 Å². The molecule has 0 saturated carbocycles. The van der Waals surface area contributed by atoms with Gasteiger partial charge in [-0.2, -0.15) is 17.9 Å². The summed E-state index contributed by atoms with van der Waals surface area (Å²) >= 11 is 0. The highest BCUT2D eigenvalue weighted by molar-refractivity contribution is 7.87. The lowest BCUT2D eigenvalue weighted by molar-refractivity contribution is -0.156. The molecule has 0 aliphatic carbocycles. The molecule has 2 N–H and O–H groups in total. The van der Waals surface area contributed by atoms with Crippen LogP contribution in [0, 0.1) is 0 Å². The quantitative estimate of drug-likeness (QED) is 0.751. The van der Waals surface area contributed by atoms with Crippen molar-refractivity contribution in [2.75, 3.05) is 0 Å². The average molecular weight is 280 g/mol. The van der Waals surface area contributed by atoms with Crippen molar-refractivity contribution in [3.05, 3.63) is 0 Å². The summed E-state index contributed by atoms with van der Waals surface area (Å²) in [6.45, 7) is 11.7. The smallest absolute Gasteiger partial charge is 0.324 e. The minimum absolute atomic E-state index is 0.609. The van der Waals surface area contributed by atoms with Crippen LogP contribution in [0.3, 0.4) is 0 Å². The minimum atomic E-state index is -3.74. The summed E-state index contributed by atoms with van der Waals surface area (Å²) < 4.78 is 33.1. The summed E-state index contributed by atoms with van der Waals surface area (Å²) in [6, 6.07) is -0.941. The molecular formula is C11H24N2O4S. The second-order valence-corrected chi connectivity index (χ2v) is 7.68. The summed E-state index contributed by atoms with van der Waals surface area (Å²) in [5.41, 5.74) is -1.26. The summed E-state index contributed by atoms with van der Waals surface area (Å²) in [7, 11) is -3.74. The van der Waals surface area contributed by atoms with E-state index >= 15 is 0 Å². The second kappa shape index (κ2) is 5.54. The molecule has 6 nitrogen and oxygen atoms in total. The molecule has 0 amide bonds. The maximum absolute atomic E-state index is 11.7. The topological polar surface area (TPSA) is 84.5 Å². The molecule has 0 fully saturated rings. The molecule has 0 aromatic carbocycles. The van der Waals surface area contributed by atoms with Crippen LogP contribution in [0.4, 0.5) is 0 Å². The lowest BCUT2D eigenvalue weighted by atomic mass is 10.1. The average Bonchev–Trinajstić information content (AvgIpc) is 1.93. The molecule has 108 valence electrons. The Hall–Kier alpha value is -0.660. The van der Waals surface area contributed by atoms with Crippen LogP contribution in [0.5, 0.6) is 0 Å². The lowest BCUT2D eigenvalue weighted by Gasteiger charge is -2.25. The third kappa shape index (κ3) is 8.43. The second-order valence-electron chi connectivity index (χ2n) is 6.23. The Labute approximate surface area is 110 Å². The van der Waals surface area contributed by atoms with Gasteiger partial charge in [0.2, 0.25) is 0 Å². The van der Waals surface area contributed by atoms with Crippen molar-refractivity contribution < 1.29 is 17.9 Å². The molecule has 0 radical (unpaired) electrons. The van der Waals surface area contributed by atoms with Gasteiger partial charge in [0, 0.05) is 5.54 Å². The molecule has 0 aliphatic rings. The fourth-order valence-electron chi connectivity index (χ4n) is 1.10. The van der Waals surface area contributed by atoms with Gasteiger partial charge in [-0.15, -0.1) is 0 Å². The van der Waals surface area contributed by atoms with Gasteiger partial charge in [0.05, 0.1) is 0 Å². The molecule has 0 bridgehead atoms. The van der Waals surface area contributed by atoms with E-state index in [1.165, 1.54) is 6.92 Å². The minimum Gasteiger partial charge on any atom is -0.459 e. The van der Waals surface area contributed by atoms with Gasteiger partial charge in [0.1, 0.15) is 11.6 Å². The number of hydrogen-bond acceptors (Lipinski definition) is 4. The van der Waals surface area contributed by atoms with Gasteiger partial charge in [-0.1, -0.05) is 0 Å². The monoisotopic (exact) mass is 280 g/mol. The van der Waals surface area contributed by atoms with Crippen molar-refractivity contribution in [2.24, 2.45) is 0 Å². The Balaban J connectivity index is 4.57. The first-order chi connectivity index (χ1) is 7.72. The van der Waals surface area contributed by atoms with E-state index in [9.17, 15) is 13.2 Å². The van der Waals surface area contributed by atoms with E-state index in [1.807, 2.05) is 0 Å². The van der Waals surface area contributed by atoms with Gasteiger partial charge in [0.15, 0.2) is 0 Å². The maximum atomic E-state index is 11.7. The van der Waals surface area contributed by atoms with Crippen LogP contribution >= 0.6 is 0 Å². The lowest BCUT2D eigenvalue weighted by Crippen LogP contribution is -2.51. The Kier molecular flexibility index (Phi) is 5.34. The van der Waals surface area contributed by atoms with Crippen molar-refractivity contribution in [3.63, 3.8) is 0 Å². The molecule has 0 aromatic rings. The van der Waals surface area contributed by atoms with Gasteiger partial charge in [-0.3, -0.25) is 4.79 Å². The highest BCUT2D eigenvalue weighted by Gasteiger charge is 2.27. The third-order valence-electron chi connectivity index (χ3n) is 1.53. The number of nitrogens with one attached hydrogen (secondary N) is 2.